The zero-order valence-electron chi connectivity index (χ0n) is 11.9. The van der Waals surface area contributed by atoms with Crippen LogP contribution in [0, 0.1) is 6.92 Å². The lowest BCUT2D eigenvalue weighted by atomic mass is 10.2. The molecule has 1 fully saturated rings. The van der Waals surface area contributed by atoms with Gasteiger partial charge in [-0.2, -0.15) is 4.31 Å². The van der Waals surface area contributed by atoms with Gasteiger partial charge in [0, 0.05) is 17.5 Å². The van der Waals surface area contributed by atoms with Crippen molar-refractivity contribution in [2.45, 2.75) is 43.5 Å². The van der Waals surface area contributed by atoms with Crippen LogP contribution in [-0.2, 0) is 10.0 Å². The van der Waals surface area contributed by atoms with E-state index in [9.17, 15) is 13.2 Å². The van der Waals surface area contributed by atoms with Gasteiger partial charge in [0.1, 0.15) is 4.88 Å². The second-order valence-electron chi connectivity index (χ2n) is 5.14. The van der Waals surface area contributed by atoms with Crippen molar-refractivity contribution in [3.63, 3.8) is 0 Å². The smallest absolute Gasteiger partial charge is 0.345 e. The number of hydrogen-bond donors (Lipinski definition) is 1. The molecule has 1 aromatic rings. The first kappa shape index (κ1) is 16.2. The zero-order valence-corrected chi connectivity index (χ0v) is 13.5. The monoisotopic (exact) mass is 329 g/mol. The summed E-state index contributed by atoms with van der Waals surface area (Å²) < 4.78 is 27.2. The van der Waals surface area contributed by atoms with Crippen LogP contribution in [0.25, 0.3) is 0 Å². The number of sulfonamides is 1. The Hall–Kier alpha value is -1.18. The lowest BCUT2D eigenvalue weighted by Gasteiger charge is -2.26. The van der Waals surface area contributed by atoms with Gasteiger partial charge < -0.3 is 5.11 Å². The summed E-state index contributed by atoms with van der Waals surface area (Å²) >= 11 is 0.996. The predicted octanol–water partition coefficient (Wildman–Crippen LogP) is 2.87. The largest absolute Gasteiger partial charge is 0.477 e. The van der Waals surface area contributed by atoms with Crippen LogP contribution in [0.15, 0.2) is 23.6 Å². The normalized spacial score (nSPS) is 16.5. The molecule has 5 nitrogen and oxygen atoms in total. The van der Waals surface area contributed by atoms with Gasteiger partial charge in [-0.05, 0) is 25.8 Å². The second-order valence-corrected chi connectivity index (χ2v) is 8.25. The molecule has 0 aliphatic heterocycles. The molecule has 0 aromatic carbocycles. The van der Waals surface area contributed by atoms with Crippen LogP contribution < -0.4 is 0 Å². The van der Waals surface area contributed by atoms with Crippen molar-refractivity contribution in [2.75, 3.05) is 6.54 Å². The highest BCUT2D eigenvalue weighted by atomic mass is 32.2. The van der Waals surface area contributed by atoms with Crippen molar-refractivity contribution in [3.8, 4) is 0 Å². The minimum absolute atomic E-state index is 0.0134. The second kappa shape index (κ2) is 6.29. The Labute approximate surface area is 129 Å². The summed E-state index contributed by atoms with van der Waals surface area (Å²) in [6.07, 6.45) is 5.33. The first-order valence-corrected chi connectivity index (χ1v) is 9.10. The van der Waals surface area contributed by atoms with E-state index in [1.165, 1.54) is 10.4 Å². The molecule has 0 amide bonds. The maximum atomic E-state index is 12.9. The lowest BCUT2D eigenvalue weighted by Crippen LogP contribution is -2.38. The van der Waals surface area contributed by atoms with Gasteiger partial charge in [-0.15, -0.1) is 17.9 Å². The molecule has 0 spiro atoms. The number of thiophene rings is 1. The average molecular weight is 329 g/mol. The maximum absolute atomic E-state index is 12.9. The molecule has 1 aliphatic rings. The van der Waals surface area contributed by atoms with Crippen LogP contribution in [0.5, 0.6) is 0 Å². The molecular formula is C14H19NO4S2. The van der Waals surface area contributed by atoms with Crippen LogP contribution in [0.1, 0.15) is 40.2 Å². The molecule has 1 N–H and O–H groups in total. The standard InChI is InChI=1S/C14H19NO4S2/c1-3-8-15(11-6-4-5-7-11)21(18,19)13-9-12(14(16)17)20-10(13)2/h3,9,11H,1,4-8H2,2H3,(H,16,17). The Balaban J connectivity index is 2.42. The molecule has 7 heteroatoms. The third-order valence-electron chi connectivity index (χ3n) is 3.71. The third-order valence-corrected chi connectivity index (χ3v) is 6.92. The van der Waals surface area contributed by atoms with Crippen LogP contribution >= 0.6 is 11.3 Å². The van der Waals surface area contributed by atoms with Crippen molar-refractivity contribution >= 4 is 27.3 Å². The van der Waals surface area contributed by atoms with E-state index in [0.717, 1.165) is 37.0 Å². The summed E-state index contributed by atoms with van der Waals surface area (Å²) in [5.41, 5.74) is 0. The first-order valence-electron chi connectivity index (χ1n) is 6.84. The fraction of sp³-hybridized carbons (Fsp3) is 0.500. The van der Waals surface area contributed by atoms with Crippen LogP contribution in [0.2, 0.25) is 0 Å². The molecule has 0 bridgehead atoms. The van der Waals surface area contributed by atoms with Crippen molar-refractivity contribution in [3.05, 3.63) is 28.5 Å². The molecular weight excluding hydrogens is 310 g/mol. The van der Waals surface area contributed by atoms with Crippen LogP contribution in [0.3, 0.4) is 0 Å². The number of aromatic carboxylic acids is 1. The van der Waals surface area contributed by atoms with Crippen molar-refractivity contribution in [1.82, 2.24) is 4.31 Å². The maximum Gasteiger partial charge on any atom is 0.345 e. The van der Waals surface area contributed by atoms with Crippen molar-refractivity contribution in [2.24, 2.45) is 0 Å². The Morgan fingerprint density at radius 2 is 2.14 bits per heavy atom. The van der Waals surface area contributed by atoms with Crippen molar-refractivity contribution in [1.29, 1.82) is 0 Å². The van der Waals surface area contributed by atoms with Gasteiger partial charge in [-0.3, -0.25) is 0 Å². The molecule has 0 atom stereocenters. The Kier molecular flexibility index (Phi) is 4.85. The van der Waals surface area contributed by atoms with E-state index in [4.69, 9.17) is 5.11 Å². The van der Waals surface area contributed by atoms with E-state index in [0.29, 0.717) is 4.88 Å². The number of aryl methyl sites for hydroxylation is 1. The molecule has 0 radical (unpaired) electrons. The van der Waals surface area contributed by atoms with Gasteiger partial charge >= 0.3 is 5.97 Å². The van der Waals surface area contributed by atoms with E-state index in [-0.39, 0.29) is 22.4 Å². The molecule has 1 heterocycles. The Bertz CT molecular complexity index is 642. The van der Waals surface area contributed by atoms with E-state index < -0.39 is 16.0 Å². The quantitative estimate of drug-likeness (QED) is 0.814. The van der Waals surface area contributed by atoms with Gasteiger partial charge in [-0.1, -0.05) is 18.9 Å². The fourth-order valence-electron chi connectivity index (χ4n) is 2.72. The molecule has 21 heavy (non-hydrogen) atoms. The van der Waals surface area contributed by atoms with E-state index >= 15 is 0 Å². The summed E-state index contributed by atoms with van der Waals surface area (Å²) in [7, 11) is -3.68. The number of hydrogen-bond acceptors (Lipinski definition) is 4. The highest BCUT2D eigenvalue weighted by molar-refractivity contribution is 7.89. The summed E-state index contributed by atoms with van der Waals surface area (Å²) in [5.74, 6) is -1.10. The average Bonchev–Trinajstić information content (AvgIpc) is 3.04. The number of carboxylic acids is 1. The van der Waals surface area contributed by atoms with Gasteiger partial charge in [0.15, 0.2) is 0 Å². The van der Waals surface area contributed by atoms with Crippen LogP contribution in [-0.4, -0.2) is 36.4 Å². The first-order chi connectivity index (χ1) is 9.87. The van der Waals surface area contributed by atoms with E-state index in [2.05, 4.69) is 6.58 Å². The topological polar surface area (TPSA) is 74.7 Å². The van der Waals surface area contributed by atoms with Gasteiger partial charge in [-0.25, -0.2) is 13.2 Å². The van der Waals surface area contributed by atoms with E-state index in [1.54, 1.807) is 13.0 Å². The minimum Gasteiger partial charge on any atom is -0.477 e. The van der Waals surface area contributed by atoms with Crippen LogP contribution in [0.4, 0.5) is 0 Å². The van der Waals surface area contributed by atoms with E-state index in [1.807, 2.05) is 0 Å². The van der Waals surface area contributed by atoms with Crippen molar-refractivity contribution < 1.29 is 18.3 Å². The molecule has 2 rings (SSSR count). The lowest BCUT2D eigenvalue weighted by molar-refractivity contribution is 0.0702. The summed E-state index contributed by atoms with van der Waals surface area (Å²) in [6.45, 7) is 5.54. The number of carboxylic acid groups (broad SMARTS) is 1. The molecule has 1 saturated carbocycles. The highest BCUT2D eigenvalue weighted by Gasteiger charge is 2.34. The number of nitrogens with zero attached hydrogens (tertiary/aromatic N) is 1. The Morgan fingerprint density at radius 1 is 1.52 bits per heavy atom. The molecule has 116 valence electrons. The number of rotatable bonds is 6. The summed E-state index contributed by atoms with van der Waals surface area (Å²) in [6, 6.07) is 1.25. The Morgan fingerprint density at radius 3 is 2.62 bits per heavy atom. The third kappa shape index (κ3) is 3.20. The van der Waals surface area contributed by atoms with Gasteiger partial charge in [0.25, 0.3) is 0 Å². The molecule has 1 aliphatic carbocycles. The molecule has 0 saturated heterocycles. The summed E-state index contributed by atoms with van der Waals surface area (Å²) in [4.78, 5) is 11.7. The SMILES string of the molecule is C=CCN(C1CCCC1)S(=O)(=O)c1cc(C(=O)O)sc1C. The molecule has 1 aromatic heterocycles. The number of carbonyl (C=O) groups is 1. The van der Waals surface area contributed by atoms with Gasteiger partial charge in [0.2, 0.25) is 10.0 Å². The highest BCUT2D eigenvalue weighted by Crippen LogP contribution is 2.33. The summed E-state index contributed by atoms with van der Waals surface area (Å²) in [5, 5.41) is 9.03. The molecule has 0 unspecified atom stereocenters. The predicted molar refractivity (Wildman–Crippen MR) is 82.4 cm³/mol. The minimum atomic E-state index is -3.68. The zero-order chi connectivity index (χ0) is 15.6. The fourth-order valence-corrected chi connectivity index (χ4v) is 5.77. The van der Waals surface area contributed by atoms with Gasteiger partial charge in [0.05, 0.1) is 4.90 Å².